The van der Waals surface area contributed by atoms with Crippen LogP contribution in [0.15, 0.2) is 30.6 Å². The predicted octanol–water partition coefficient (Wildman–Crippen LogP) is 2.13. The number of ketones is 1. The number of ether oxygens (including phenoxy) is 3. The third-order valence-electron chi connectivity index (χ3n) is 7.51. The number of aliphatic hydroxyl groups is 1. The van der Waals surface area contributed by atoms with Crippen LogP contribution in [0.3, 0.4) is 0 Å². The summed E-state index contributed by atoms with van der Waals surface area (Å²) in [7, 11) is 0. The minimum Gasteiger partial charge on any atom is -0.394 e. The summed E-state index contributed by atoms with van der Waals surface area (Å²) in [4.78, 5) is 28.7. The molecule has 4 aliphatic rings. The third kappa shape index (κ3) is 3.04. The summed E-state index contributed by atoms with van der Waals surface area (Å²) in [6.07, 6.45) is 0.353. The van der Waals surface area contributed by atoms with E-state index in [9.17, 15) is 9.90 Å². The molecule has 3 fully saturated rings. The summed E-state index contributed by atoms with van der Waals surface area (Å²) in [6.45, 7) is 4.55. The fourth-order valence-electron chi connectivity index (χ4n) is 6.03. The van der Waals surface area contributed by atoms with Crippen molar-refractivity contribution in [1.82, 2.24) is 19.5 Å². The monoisotopic (exact) mass is 497 g/mol. The number of anilines is 1. The Morgan fingerprint density at radius 3 is 2.71 bits per heavy atom. The molecule has 35 heavy (non-hydrogen) atoms. The van der Waals surface area contributed by atoms with E-state index < -0.39 is 35.7 Å². The minimum absolute atomic E-state index is 0.0772. The Balaban J connectivity index is 1.21. The van der Waals surface area contributed by atoms with Crippen LogP contribution < -0.4 is 4.90 Å². The molecule has 0 bridgehead atoms. The van der Waals surface area contributed by atoms with Crippen molar-refractivity contribution in [2.45, 2.75) is 50.6 Å². The molecule has 11 heteroatoms. The number of aliphatic hydroxyl groups excluding tert-OH is 1. The van der Waals surface area contributed by atoms with Crippen LogP contribution in [-0.2, 0) is 20.6 Å². The van der Waals surface area contributed by atoms with E-state index in [0.717, 1.165) is 17.5 Å². The minimum atomic E-state index is -0.795. The van der Waals surface area contributed by atoms with Gasteiger partial charge in [0.05, 0.1) is 18.3 Å². The molecule has 4 atom stereocenters. The van der Waals surface area contributed by atoms with Crippen LogP contribution in [0.5, 0.6) is 0 Å². The molecule has 1 aliphatic carbocycles. The van der Waals surface area contributed by atoms with Crippen molar-refractivity contribution in [2.75, 3.05) is 24.6 Å². The molecule has 1 aromatic carbocycles. The highest BCUT2D eigenvalue weighted by molar-refractivity contribution is 6.28. The molecule has 3 saturated heterocycles. The Bertz CT molecular complexity index is 1370. The molecule has 2 aromatic heterocycles. The smallest absolute Gasteiger partial charge is 0.226 e. The lowest BCUT2D eigenvalue weighted by molar-refractivity contribution is -0.199. The number of rotatable bonds is 3. The Kier molecular flexibility index (Phi) is 4.45. The van der Waals surface area contributed by atoms with Crippen LogP contribution in [0.25, 0.3) is 11.2 Å². The van der Waals surface area contributed by atoms with E-state index in [1.165, 1.54) is 0 Å². The van der Waals surface area contributed by atoms with E-state index >= 15 is 0 Å². The summed E-state index contributed by atoms with van der Waals surface area (Å²) in [5.74, 6) is -0.0194. The lowest BCUT2D eigenvalue weighted by Crippen LogP contribution is -2.60. The van der Waals surface area contributed by atoms with E-state index in [0.29, 0.717) is 30.1 Å². The standard InChI is InChI=1S/C24H24ClN5O5/c1-23(2)34-16-14(8-31)33-21(17(16)35-23)30-11-26-15-19(27-22(25)28-20(15)30)29-9-24(10-29)7-12-5-3-4-6-13(12)18(24)32/h3-6,11,14,16-17,21,31H,7-10H2,1-2H3/t14-,16?,17+,21-/m1/s1. The molecule has 0 saturated carbocycles. The SMILES string of the molecule is CC1(C)OC2[C@@H](CO)O[C@@H](n3cnc4c(N5CC6(Cc7ccccc7C6=O)C5)nc(Cl)nc43)[C@H]2O1. The molecule has 1 unspecified atom stereocenters. The normalized spacial score (nSPS) is 30.2. The molecule has 3 aromatic rings. The average molecular weight is 498 g/mol. The fourth-order valence-corrected chi connectivity index (χ4v) is 6.19. The van der Waals surface area contributed by atoms with Crippen molar-refractivity contribution in [2.24, 2.45) is 5.41 Å². The summed E-state index contributed by atoms with van der Waals surface area (Å²) < 4.78 is 19.9. The number of fused-ring (bicyclic) bond motifs is 3. The van der Waals surface area contributed by atoms with Crippen LogP contribution in [0.4, 0.5) is 5.82 Å². The van der Waals surface area contributed by atoms with Crippen LogP contribution in [0, 0.1) is 5.41 Å². The van der Waals surface area contributed by atoms with Crippen LogP contribution in [-0.4, -0.2) is 74.2 Å². The molecule has 0 radical (unpaired) electrons. The Labute approximate surface area is 205 Å². The zero-order valence-corrected chi connectivity index (χ0v) is 20.0. The Morgan fingerprint density at radius 2 is 1.94 bits per heavy atom. The van der Waals surface area contributed by atoms with E-state index in [1.54, 1.807) is 10.9 Å². The number of nitrogens with zero attached hydrogens (tertiary/aromatic N) is 5. The second kappa shape index (κ2) is 7.21. The second-order valence-electron chi connectivity index (χ2n) is 10.3. The van der Waals surface area contributed by atoms with Gasteiger partial charge in [-0.3, -0.25) is 9.36 Å². The lowest BCUT2D eigenvalue weighted by atomic mass is 9.76. The molecule has 1 N–H and O–H groups in total. The van der Waals surface area contributed by atoms with Crippen molar-refractivity contribution in [3.63, 3.8) is 0 Å². The van der Waals surface area contributed by atoms with E-state index in [4.69, 9.17) is 25.8 Å². The number of Topliss-reactive ketones (excluding diaryl/α,β-unsaturated/α-hetero) is 1. The summed E-state index contributed by atoms with van der Waals surface area (Å²) in [6, 6.07) is 7.81. The van der Waals surface area contributed by atoms with Gasteiger partial charge in [-0.15, -0.1) is 0 Å². The maximum Gasteiger partial charge on any atom is 0.226 e. The predicted molar refractivity (Wildman–Crippen MR) is 124 cm³/mol. The number of carbonyl (C=O) groups excluding carboxylic acids is 1. The molecule has 1 spiro atoms. The van der Waals surface area contributed by atoms with E-state index in [1.807, 2.05) is 43.0 Å². The number of hydrogen-bond acceptors (Lipinski definition) is 9. The zero-order chi connectivity index (χ0) is 24.1. The Hall–Kier alpha value is -2.63. The van der Waals surface area contributed by atoms with Crippen molar-refractivity contribution >= 4 is 34.4 Å². The van der Waals surface area contributed by atoms with Gasteiger partial charge in [-0.1, -0.05) is 24.3 Å². The average Bonchev–Trinajstić information content (AvgIpc) is 3.51. The first-order chi connectivity index (χ1) is 16.8. The van der Waals surface area contributed by atoms with Crippen molar-refractivity contribution in [1.29, 1.82) is 0 Å². The van der Waals surface area contributed by atoms with Gasteiger partial charge >= 0.3 is 0 Å². The number of imidazole rings is 1. The van der Waals surface area contributed by atoms with Gasteiger partial charge in [0.25, 0.3) is 0 Å². The second-order valence-corrected chi connectivity index (χ2v) is 10.6. The van der Waals surface area contributed by atoms with Crippen LogP contribution in [0.1, 0.15) is 36.0 Å². The van der Waals surface area contributed by atoms with Gasteiger partial charge in [0.2, 0.25) is 5.28 Å². The number of hydrogen-bond donors (Lipinski definition) is 1. The molecule has 7 rings (SSSR count). The molecule has 3 aliphatic heterocycles. The Morgan fingerprint density at radius 1 is 1.17 bits per heavy atom. The first kappa shape index (κ1) is 21.6. The first-order valence-corrected chi connectivity index (χ1v) is 12.1. The van der Waals surface area contributed by atoms with Gasteiger partial charge < -0.3 is 24.2 Å². The number of benzene rings is 1. The molecule has 10 nitrogen and oxygen atoms in total. The van der Waals surface area contributed by atoms with Gasteiger partial charge in [0.15, 0.2) is 34.8 Å². The summed E-state index contributed by atoms with van der Waals surface area (Å²) in [5, 5.41) is 9.91. The number of aromatic nitrogens is 4. The maximum atomic E-state index is 13.1. The molecule has 0 amide bonds. The summed E-state index contributed by atoms with van der Waals surface area (Å²) >= 11 is 6.36. The molecular weight excluding hydrogens is 474 g/mol. The third-order valence-corrected chi connectivity index (χ3v) is 7.68. The maximum absolute atomic E-state index is 13.1. The highest BCUT2D eigenvalue weighted by Crippen LogP contribution is 2.47. The van der Waals surface area contributed by atoms with Gasteiger partial charge in [-0.25, -0.2) is 4.98 Å². The first-order valence-electron chi connectivity index (χ1n) is 11.7. The highest BCUT2D eigenvalue weighted by atomic mass is 35.5. The van der Waals surface area contributed by atoms with Crippen LogP contribution in [0.2, 0.25) is 5.28 Å². The molecule has 182 valence electrons. The van der Waals surface area contributed by atoms with E-state index in [2.05, 4.69) is 15.0 Å². The van der Waals surface area contributed by atoms with Gasteiger partial charge in [-0.2, -0.15) is 9.97 Å². The van der Waals surface area contributed by atoms with E-state index in [-0.39, 0.29) is 17.7 Å². The quantitative estimate of drug-likeness (QED) is 0.544. The molecular formula is C24H24ClN5O5. The number of halogens is 1. The van der Waals surface area contributed by atoms with Crippen LogP contribution >= 0.6 is 11.6 Å². The summed E-state index contributed by atoms with van der Waals surface area (Å²) in [5.41, 5.74) is 2.54. The number of carbonyl (C=O) groups is 1. The van der Waals surface area contributed by atoms with Gasteiger partial charge in [-0.05, 0) is 37.4 Å². The fraction of sp³-hybridized carbons (Fsp3) is 0.500. The van der Waals surface area contributed by atoms with Gasteiger partial charge in [0.1, 0.15) is 18.3 Å². The van der Waals surface area contributed by atoms with Crippen molar-refractivity contribution in [3.8, 4) is 0 Å². The zero-order valence-electron chi connectivity index (χ0n) is 19.2. The lowest BCUT2D eigenvalue weighted by Gasteiger charge is -2.47. The highest BCUT2D eigenvalue weighted by Gasteiger charge is 2.57. The largest absolute Gasteiger partial charge is 0.394 e. The van der Waals surface area contributed by atoms with Crippen molar-refractivity contribution < 1.29 is 24.1 Å². The topological polar surface area (TPSA) is 112 Å². The molecule has 5 heterocycles. The van der Waals surface area contributed by atoms with Crippen molar-refractivity contribution in [3.05, 3.63) is 47.0 Å². The van der Waals surface area contributed by atoms with Gasteiger partial charge in [0, 0.05) is 18.7 Å².